The third kappa shape index (κ3) is 2.48. The van der Waals surface area contributed by atoms with Crippen LogP contribution in [0, 0.1) is 10.1 Å². The van der Waals surface area contributed by atoms with Crippen molar-refractivity contribution in [2.45, 2.75) is 31.3 Å². The van der Waals surface area contributed by atoms with Gasteiger partial charge in [0.05, 0.1) is 10.5 Å². The molecule has 3 rings (SSSR count). The van der Waals surface area contributed by atoms with Crippen LogP contribution >= 0.6 is 11.3 Å². The molecule has 2 aliphatic heterocycles. The molecule has 2 fully saturated rings. The van der Waals surface area contributed by atoms with E-state index in [-0.39, 0.29) is 10.9 Å². The topological polar surface area (TPSA) is 75.5 Å². The molecular weight excluding hydrogens is 266 g/mol. The average molecular weight is 281 g/mol. The predicted molar refractivity (Wildman–Crippen MR) is 71.4 cm³/mol. The molecule has 0 spiro atoms. The van der Waals surface area contributed by atoms with Gasteiger partial charge in [0, 0.05) is 36.6 Å². The molecule has 0 aromatic carbocycles. The van der Waals surface area contributed by atoms with Crippen molar-refractivity contribution < 1.29 is 9.72 Å². The van der Waals surface area contributed by atoms with Gasteiger partial charge < -0.3 is 10.2 Å². The average Bonchev–Trinajstić information content (AvgIpc) is 2.95. The van der Waals surface area contributed by atoms with Crippen molar-refractivity contribution in [1.29, 1.82) is 0 Å². The fraction of sp³-hybridized carbons (Fsp3) is 0.583. The van der Waals surface area contributed by atoms with Crippen molar-refractivity contribution in [3.63, 3.8) is 0 Å². The molecule has 102 valence electrons. The van der Waals surface area contributed by atoms with Crippen LogP contribution in [0.15, 0.2) is 11.4 Å². The number of carbonyl (C=O) groups excluding carboxylic acids is 1. The molecule has 6 nitrogen and oxygen atoms in total. The van der Waals surface area contributed by atoms with E-state index in [1.165, 1.54) is 12.5 Å². The van der Waals surface area contributed by atoms with Crippen LogP contribution in [0.3, 0.4) is 0 Å². The Morgan fingerprint density at radius 2 is 2.21 bits per heavy atom. The molecule has 1 amide bonds. The Bertz CT molecular complexity index is 516. The van der Waals surface area contributed by atoms with Crippen LogP contribution < -0.4 is 5.32 Å². The lowest BCUT2D eigenvalue weighted by Crippen LogP contribution is -2.38. The number of rotatable bonds is 2. The van der Waals surface area contributed by atoms with Gasteiger partial charge in [-0.15, -0.1) is 0 Å². The smallest absolute Gasteiger partial charge is 0.324 e. The first-order valence-electron chi connectivity index (χ1n) is 6.42. The minimum absolute atomic E-state index is 0.0258. The Balaban J connectivity index is 1.73. The van der Waals surface area contributed by atoms with Crippen molar-refractivity contribution in [3.8, 4) is 0 Å². The van der Waals surface area contributed by atoms with Crippen molar-refractivity contribution in [2.75, 3.05) is 13.1 Å². The van der Waals surface area contributed by atoms with Crippen LogP contribution in [0.5, 0.6) is 0 Å². The van der Waals surface area contributed by atoms with Crippen molar-refractivity contribution >= 4 is 22.2 Å². The molecule has 2 aliphatic rings. The number of hydrogen-bond donors (Lipinski definition) is 1. The summed E-state index contributed by atoms with van der Waals surface area (Å²) in [5.41, 5.74) is 0.439. The van der Waals surface area contributed by atoms with E-state index in [0.717, 1.165) is 30.7 Å². The third-order valence-electron chi connectivity index (χ3n) is 3.82. The van der Waals surface area contributed by atoms with Crippen molar-refractivity contribution in [1.82, 2.24) is 10.2 Å². The van der Waals surface area contributed by atoms with Crippen LogP contribution in [-0.4, -0.2) is 40.9 Å². The highest BCUT2D eigenvalue weighted by Crippen LogP contribution is 2.26. The maximum Gasteiger partial charge on any atom is 0.324 e. The quantitative estimate of drug-likeness (QED) is 0.660. The summed E-state index contributed by atoms with van der Waals surface area (Å²) in [6.45, 7) is 1.44. The molecule has 2 bridgehead atoms. The Morgan fingerprint density at radius 1 is 1.42 bits per heavy atom. The fourth-order valence-corrected chi connectivity index (χ4v) is 3.54. The van der Waals surface area contributed by atoms with E-state index in [1.807, 2.05) is 4.90 Å². The van der Waals surface area contributed by atoms with Gasteiger partial charge in [0.1, 0.15) is 0 Å². The highest BCUT2D eigenvalue weighted by molar-refractivity contribution is 7.13. The van der Waals surface area contributed by atoms with E-state index in [2.05, 4.69) is 5.32 Å². The molecule has 0 aliphatic carbocycles. The zero-order valence-electron chi connectivity index (χ0n) is 10.4. The molecule has 1 aromatic rings. The fourth-order valence-electron chi connectivity index (χ4n) is 2.84. The molecule has 19 heavy (non-hydrogen) atoms. The van der Waals surface area contributed by atoms with E-state index in [4.69, 9.17) is 0 Å². The summed E-state index contributed by atoms with van der Waals surface area (Å²) in [4.78, 5) is 24.4. The minimum atomic E-state index is -0.451. The van der Waals surface area contributed by atoms with Gasteiger partial charge in [0.25, 0.3) is 5.91 Å². The van der Waals surface area contributed by atoms with Crippen LogP contribution in [0.2, 0.25) is 0 Å². The molecule has 3 heterocycles. The molecule has 2 saturated heterocycles. The maximum absolute atomic E-state index is 12.3. The Kier molecular flexibility index (Phi) is 3.24. The van der Waals surface area contributed by atoms with Gasteiger partial charge in [-0.25, -0.2) is 0 Å². The molecule has 2 unspecified atom stereocenters. The van der Waals surface area contributed by atoms with E-state index in [0.29, 0.717) is 24.2 Å². The van der Waals surface area contributed by atoms with Gasteiger partial charge in [0.2, 0.25) is 0 Å². The summed E-state index contributed by atoms with van der Waals surface area (Å²) in [6, 6.07) is 2.29. The first kappa shape index (κ1) is 12.6. The lowest BCUT2D eigenvalue weighted by Gasteiger charge is -2.23. The van der Waals surface area contributed by atoms with E-state index >= 15 is 0 Å². The Morgan fingerprint density at radius 3 is 2.95 bits per heavy atom. The molecule has 1 aromatic heterocycles. The summed E-state index contributed by atoms with van der Waals surface area (Å²) in [5.74, 6) is -0.0845. The predicted octanol–water partition coefficient (Wildman–Crippen LogP) is 1.62. The van der Waals surface area contributed by atoms with E-state index in [1.54, 1.807) is 5.38 Å². The Labute approximate surface area is 114 Å². The second-order valence-corrected chi connectivity index (χ2v) is 6.00. The zero-order chi connectivity index (χ0) is 13.4. The number of amides is 1. The number of thiophene rings is 1. The summed E-state index contributed by atoms with van der Waals surface area (Å²) >= 11 is 1.01. The highest BCUT2D eigenvalue weighted by Gasteiger charge is 2.32. The van der Waals surface area contributed by atoms with Crippen LogP contribution in [0.25, 0.3) is 0 Å². The zero-order valence-corrected chi connectivity index (χ0v) is 11.2. The first-order valence-corrected chi connectivity index (χ1v) is 7.29. The van der Waals surface area contributed by atoms with Crippen LogP contribution in [0.4, 0.5) is 5.00 Å². The molecule has 1 N–H and O–H groups in total. The molecule has 2 atom stereocenters. The SMILES string of the molecule is O=C(c1csc([N+](=O)[O-])c1)N1CCC2CCC(C1)N2. The third-order valence-corrected chi connectivity index (χ3v) is 4.70. The van der Waals surface area contributed by atoms with E-state index < -0.39 is 4.92 Å². The van der Waals surface area contributed by atoms with Gasteiger partial charge in [-0.05, 0) is 19.3 Å². The number of likely N-dealkylation sites (tertiary alicyclic amines) is 1. The van der Waals surface area contributed by atoms with Gasteiger partial charge in [-0.2, -0.15) is 0 Å². The van der Waals surface area contributed by atoms with Crippen LogP contribution in [-0.2, 0) is 0 Å². The van der Waals surface area contributed by atoms with Gasteiger partial charge >= 0.3 is 5.00 Å². The van der Waals surface area contributed by atoms with Crippen LogP contribution in [0.1, 0.15) is 29.6 Å². The second kappa shape index (κ2) is 4.90. The summed E-state index contributed by atoms with van der Waals surface area (Å²) in [7, 11) is 0. The number of nitrogens with one attached hydrogen (secondary N) is 1. The number of carbonyl (C=O) groups is 1. The Hall–Kier alpha value is -1.47. The van der Waals surface area contributed by atoms with Crippen molar-refractivity contribution in [3.05, 3.63) is 27.1 Å². The lowest BCUT2D eigenvalue weighted by atomic mass is 10.1. The molecular formula is C12H15N3O3S. The molecule has 0 saturated carbocycles. The summed E-state index contributed by atoms with van der Waals surface area (Å²) in [5, 5.41) is 15.8. The maximum atomic E-state index is 12.3. The monoisotopic (exact) mass is 281 g/mol. The normalized spacial score (nSPS) is 26.2. The van der Waals surface area contributed by atoms with Gasteiger partial charge in [0.15, 0.2) is 0 Å². The summed E-state index contributed by atoms with van der Waals surface area (Å²) in [6.07, 6.45) is 3.27. The molecule has 0 radical (unpaired) electrons. The standard InChI is InChI=1S/C12H15N3O3S/c16-12(8-5-11(15(17)18)19-7-8)14-4-3-9-1-2-10(6-14)13-9/h5,7,9-10,13H,1-4,6H2. The van der Waals surface area contributed by atoms with Gasteiger partial charge in [-0.1, -0.05) is 11.3 Å². The minimum Gasteiger partial charge on any atom is -0.337 e. The number of hydrogen-bond acceptors (Lipinski definition) is 5. The molecule has 7 heteroatoms. The van der Waals surface area contributed by atoms with Gasteiger partial charge in [-0.3, -0.25) is 14.9 Å². The number of fused-ring (bicyclic) bond motifs is 2. The summed E-state index contributed by atoms with van der Waals surface area (Å²) < 4.78 is 0. The highest BCUT2D eigenvalue weighted by atomic mass is 32.1. The largest absolute Gasteiger partial charge is 0.337 e. The second-order valence-electron chi connectivity index (χ2n) is 5.11. The first-order chi connectivity index (χ1) is 9.13. The number of nitro groups is 1. The number of nitrogens with zero attached hydrogens (tertiary/aromatic N) is 2. The van der Waals surface area contributed by atoms with E-state index in [9.17, 15) is 14.9 Å². The lowest BCUT2D eigenvalue weighted by molar-refractivity contribution is -0.380. The van der Waals surface area contributed by atoms with Crippen molar-refractivity contribution in [2.24, 2.45) is 0 Å².